The monoisotopic (exact) mass is 363 g/mol. The largest absolute Gasteiger partial charge is 0.496 e. The predicted octanol–water partition coefficient (Wildman–Crippen LogP) is 1.82. The van der Waals surface area contributed by atoms with Gasteiger partial charge in [0.05, 0.1) is 19.2 Å². The van der Waals surface area contributed by atoms with Crippen molar-refractivity contribution in [2.75, 3.05) is 27.6 Å². The van der Waals surface area contributed by atoms with Crippen LogP contribution in [-0.2, 0) is 14.3 Å². The number of halogens is 3. The summed E-state index contributed by atoms with van der Waals surface area (Å²) >= 11 is 0. The number of hydrogen-bond donors (Lipinski definition) is 2. The van der Waals surface area contributed by atoms with E-state index < -0.39 is 30.2 Å². The van der Waals surface area contributed by atoms with Crippen molar-refractivity contribution in [2.24, 2.45) is 0 Å². The van der Waals surface area contributed by atoms with Crippen LogP contribution in [-0.4, -0.2) is 50.7 Å². The molecule has 1 aromatic carbocycles. The maximum absolute atomic E-state index is 12.2. The minimum absolute atomic E-state index is 0.0527. The number of carboxylic acid groups (broad SMARTS) is 1. The number of ether oxygens (including phenoxy) is 3. The zero-order valence-electron chi connectivity index (χ0n) is 13.3. The van der Waals surface area contributed by atoms with Crippen molar-refractivity contribution in [3.63, 3.8) is 0 Å². The Morgan fingerprint density at radius 3 is 2.48 bits per heavy atom. The van der Waals surface area contributed by atoms with Gasteiger partial charge in [-0.15, -0.1) is 0 Å². The zero-order chi connectivity index (χ0) is 19.0. The van der Waals surface area contributed by atoms with Gasteiger partial charge in [0.25, 0.3) is 0 Å². The van der Waals surface area contributed by atoms with Crippen molar-refractivity contribution >= 4 is 18.0 Å². The number of carbonyl (C=O) groups is 2. The van der Waals surface area contributed by atoms with Gasteiger partial charge in [0.15, 0.2) is 6.79 Å². The first-order valence-electron chi connectivity index (χ1n) is 6.77. The van der Waals surface area contributed by atoms with Gasteiger partial charge >= 0.3 is 18.1 Å². The molecule has 2 N–H and O–H groups in total. The highest BCUT2D eigenvalue weighted by Gasteiger charge is 2.38. The van der Waals surface area contributed by atoms with Crippen LogP contribution in [0.3, 0.4) is 0 Å². The number of alkyl halides is 3. The molecule has 0 saturated heterocycles. The van der Waals surface area contributed by atoms with Crippen LogP contribution in [0.1, 0.15) is 5.56 Å². The number of rotatable bonds is 8. The second kappa shape index (κ2) is 8.92. The van der Waals surface area contributed by atoms with Gasteiger partial charge in [-0.1, -0.05) is 0 Å². The number of amides is 1. The van der Waals surface area contributed by atoms with E-state index in [0.29, 0.717) is 5.75 Å². The van der Waals surface area contributed by atoms with E-state index in [-0.39, 0.29) is 18.1 Å². The fourth-order valence-corrected chi connectivity index (χ4v) is 1.69. The normalized spacial score (nSPS) is 11.8. The molecule has 0 aliphatic rings. The molecule has 0 saturated carbocycles. The summed E-state index contributed by atoms with van der Waals surface area (Å²) in [5.41, 5.74) is -0.227. The van der Waals surface area contributed by atoms with Crippen molar-refractivity contribution in [1.29, 1.82) is 0 Å². The van der Waals surface area contributed by atoms with Gasteiger partial charge in [0.2, 0.25) is 0 Å². The number of benzene rings is 1. The molecule has 0 aliphatic carbocycles. The molecule has 10 heteroatoms. The summed E-state index contributed by atoms with van der Waals surface area (Å²) in [5, 5.41) is 10.6. The van der Waals surface area contributed by atoms with Crippen LogP contribution in [0.5, 0.6) is 11.5 Å². The third-order valence-electron chi connectivity index (χ3n) is 2.85. The smallest absolute Gasteiger partial charge is 0.471 e. The van der Waals surface area contributed by atoms with Gasteiger partial charge in [-0.05, 0) is 24.3 Å². The standard InChI is InChI=1S/C15H16F3NO6/c1-23-8-25-11-3-4-12(24-2)9(6-11)5-10(13(20)21)7-19-14(22)15(16,17)18/h3-6H,7-8H2,1-2H3,(H,19,22)(H,20,21). The van der Waals surface area contributed by atoms with Crippen molar-refractivity contribution < 1.29 is 42.1 Å². The molecule has 0 radical (unpaired) electrons. The lowest BCUT2D eigenvalue weighted by atomic mass is 10.1. The highest BCUT2D eigenvalue weighted by molar-refractivity contribution is 5.94. The fourth-order valence-electron chi connectivity index (χ4n) is 1.69. The van der Waals surface area contributed by atoms with Crippen LogP contribution in [0.4, 0.5) is 13.2 Å². The Morgan fingerprint density at radius 1 is 1.28 bits per heavy atom. The number of carboxylic acids is 1. The van der Waals surface area contributed by atoms with Gasteiger partial charge < -0.3 is 24.6 Å². The third kappa shape index (κ3) is 6.34. The van der Waals surface area contributed by atoms with Crippen molar-refractivity contribution in [2.45, 2.75) is 6.18 Å². The SMILES string of the molecule is COCOc1ccc(OC)c(C=C(CNC(=O)C(F)(F)F)C(=O)O)c1. The first-order valence-corrected chi connectivity index (χ1v) is 6.77. The maximum atomic E-state index is 12.2. The molecule has 0 aromatic heterocycles. The number of hydrogen-bond acceptors (Lipinski definition) is 5. The van der Waals surface area contributed by atoms with E-state index in [2.05, 4.69) is 0 Å². The summed E-state index contributed by atoms with van der Waals surface area (Å²) in [5.74, 6) is -3.12. The van der Waals surface area contributed by atoms with E-state index in [1.54, 1.807) is 6.07 Å². The second-order valence-electron chi connectivity index (χ2n) is 4.61. The number of carbonyl (C=O) groups excluding carboxylic acids is 1. The molecule has 0 bridgehead atoms. The fraction of sp³-hybridized carbons (Fsp3) is 0.333. The summed E-state index contributed by atoms with van der Waals surface area (Å²) in [4.78, 5) is 22.1. The molecular formula is C15H16F3NO6. The van der Waals surface area contributed by atoms with Gasteiger partial charge in [0, 0.05) is 12.7 Å². The van der Waals surface area contributed by atoms with Crippen molar-refractivity contribution in [1.82, 2.24) is 5.32 Å². The van der Waals surface area contributed by atoms with Crippen molar-refractivity contribution in [3.05, 3.63) is 29.3 Å². The number of methoxy groups -OCH3 is 2. The molecule has 7 nitrogen and oxygen atoms in total. The first-order chi connectivity index (χ1) is 11.7. The van der Waals surface area contributed by atoms with Crippen LogP contribution in [0.2, 0.25) is 0 Å². The highest BCUT2D eigenvalue weighted by Crippen LogP contribution is 2.26. The molecule has 138 valence electrons. The predicted molar refractivity (Wildman–Crippen MR) is 80.2 cm³/mol. The Balaban J connectivity index is 3.07. The van der Waals surface area contributed by atoms with Crippen LogP contribution >= 0.6 is 0 Å². The quantitative estimate of drug-likeness (QED) is 0.541. The molecule has 0 fully saturated rings. The number of nitrogens with one attached hydrogen (secondary N) is 1. The Bertz CT molecular complexity index is 657. The molecule has 0 aliphatic heterocycles. The Labute approximate surface area is 141 Å². The molecule has 1 rings (SSSR count). The molecule has 1 aromatic rings. The lowest BCUT2D eigenvalue weighted by Gasteiger charge is -2.11. The van der Waals surface area contributed by atoms with E-state index in [9.17, 15) is 22.8 Å². The minimum atomic E-state index is -5.10. The van der Waals surface area contributed by atoms with Crippen molar-refractivity contribution in [3.8, 4) is 11.5 Å². The lowest BCUT2D eigenvalue weighted by molar-refractivity contribution is -0.173. The second-order valence-corrected chi connectivity index (χ2v) is 4.61. The maximum Gasteiger partial charge on any atom is 0.471 e. The van der Waals surface area contributed by atoms with Gasteiger partial charge in [-0.3, -0.25) is 4.79 Å². The van der Waals surface area contributed by atoms with E-state index in [4.69, 9.17) is 19.3 Å². The lowest BCUT2D eigenvalue weighted by Crippen LogP contribution is -2.38. The summed E-state index contributed by atoms with van der Waals surface area (Å²) in [6.45, 7) is -0.872. The highest BCUT2D eigenvalue weighted by atomic mass is 19.4. The zero-order valence-corrected chi connectivity index (χ0v) is 13.3. The van der Waals surface area contributed by atoms with Crippen LogP contribution in [0.15, 0.2) is 23.8 Å². The van der Waals surface area contributed by atoms with E-state index >= 15 is 0 Å². The molecular weight excluding hydrogens is 347 g/mol. The Kier molecular flexibility index (Phi) is 7.24. The average Bonchev–Trinajstić information content (AvgIpc) is 2.55. The summed E-state index contributed by atoms with van der Waals surface area (Å²) in [6.07, 6.45) is -4.02. The van der Waals surface area contributed by atoms with E-state index in [0.717, 1.165) is 6.08 Å². The molecule has 25 heavy (non-hydrogen) atoms. The topological polar surface area (TPSA) is 94.1 Å². The summed E-state index contributed by atoms with van der Waals surface area (Å²) in [7, 11) is 2.75. The van der Waals surface area contributed by atoms with Crippen LogP contribution in [0.25, 0.3) is 6.08 Å². The average molecular weight is 363 g/mol. The van der Waals surface area contributed by atoms with Gasteiger partial charge in [-0.2, -0.15) is 13.2 Å². The first kappa shape index (κ1) is 20.3. The molecule has 0 unspecified atom stereocenters. The van der Waals surface area contributed by atoms with Gasteiger partial charge in [-0.25, -0.2) is 4.79 Å². The van der Waals surface area contributed by atoms with E-state index in [1.165, 1.54) is 31.7 Å². The van der Waals surface area contributed by atoms with Crippen LogP contribution < -0.4 is 14.8 Å². The molecule has 0 spiro atoms. The summed E-state index contributed by atoms with van der Waals surface area (Å²) in [6, 6.07) is 4.46. The molecule has 0 atom stereocenters. The minimum Gasteiger partial charge on any atom is -0.496 e. The van der Waals surface area contributed by atoms with E-state index in [1.807, 2.05) is 0 Å². The van der Waals surface area contributed by atoms with Crippen LogP contribution in [0, 0.1) is 0 Å². The Hall–Kier alpha value is -2.75. The molecule has 1 amide bonds. The third-order valence-corrected chi connectivity index (χ3v) is 2.85. The Morgan fingerprint density at radius 2 is 1.96 bits per heavy atom. The summed E-state index contributed by atoms with van der Waals surface area (Å²) < 4.78 is 51.6. The number of aliphatic carboxylic acids is 1. The van der Waals surface area contributed by atoms with Gasteiger partial charge in [0.1, 0.15) is 11.5 Å². The molecule has 0 heterocycles.